The van der Waals surface area contributed by atoms with Crippen LogP contribution in [0.25, 0.3) is 0 Å². The van der Waals surface area contributed by atoms with E-state index in [2.05, 4.69) is 31.3 Å². The van der Waals surface area contributed by atoms with Gasteiger partial charge in [-0.3, -0.25) is 9.48 Å². The first-order chi connectivity index (χ1) is 8.54. The van der Waals surface area contributed by atoms with Crippen LogP contribution in [0.1, 0.15) is 5.69 Å². The maximum Gasteiger partial charge on any atom is 0.247 e. The molecule has 1 amide bonds. The highest BCUT2D eigenvalue weighted by atomic mass is 79.9. The van der Waals surface area contributed by atoms with Gasteiger partial charge in [0.15, 0.2) is 0 Å². The lowest BCUT2D eigenvalue weighted by Crippen LogP contribution is -2.19. The highest BCUT2D eigenvalue weighted by Crippen LogP contribution is 2.16. The third kappa shape index (κ3) is 3.07. The van der Waals surface area contributed by atoms with Gasteiger partial charge in [0.2, 0.25) is 5.91 Å². The molecule has 7 heteroatoms. The van der Waals surface area contributed by atoms with Crippen LogP contribution in [0.2, 0.25) is 0 Å². The number of nitrogens with two attached hydrogens (primary N) is 1. The van der Waals surface area contributed by atoms with E-state index < -0.39 is 0 Å². The number of nitrogens with zero attached hydrogens (tertiary/aromatic N) is 3. The standard InChI is InChI=1S/C11H12BrN5O/c1-7-9(12)2-3-10(15-7)16-11(18)6-17-5-8(13)4-14-17/h2-5H,6,13H2,1H3,(H,15,16,18). The van der Waals surface area contributed by atoms with Gasteiger partial charge in [0.25, 0.3) is 0 Å². The lowest BCUT2D eigenvalue weighted by Gasteiger charge is -2.06. The largest absolute Gasteiger partial charge is 0.396 e. The molecule has 3 N–H and O–H groups in total. The Labute approximate surface area is 112 Å². The van der Waals surface area contributed by atoms with Gasteiger partial charge in [-0.1, -0.05) is 0 Å². The number of nitrogen functional groups attached to an aromatic ring is 1. The van der Waals surface area contributed by atoms with Crippen molar-refractivity contribution in [1.29, 1.82) is 0 Å². The molecule has 0 fully saturated rings. The predicted octanol–water partition coefficient (Wildman–Crippen LogP) is 1.57. The number of aryl methyl sites for hydroxylation is 1. The maximum absolute atomic E-state index is 11.7. The van der Waals surface area contributed by atoms with E-state index in [4.69, 9.17) is 5.73 Å². The van der Waals surface area contributed by atoms with Gasteiger partial charge < -0.3 is 11.1 Å². The number of anilines is 2. The molecule has 0 spiro atoms. The summed E-state index contributed by atoms with van der Waals surface area (Å²) in [5.41, 5.74) is 6.85. The van der Waals surface area contributed by atoms with Crippen LogP contribution >= 0.6 is 15.9 Å². The Bertz CT molecular complexity index is 581. The summed E-state index contributed by atoms with van der Waals surface area (Å²) in [7, 11) is 0. The van der Waals surface area contributed by atoms with E-state index in [0.29, 0.717) is 11.5 Å². The van der Waals surface area contributed by atoms with Crippen molar-refractivity contribution in [2.45, 2.75) is 13.5 Å². The van der Waals surface area contributed by atoms with Crippen molar-refractivity contribution >= 4 is 33.3 Å². The smallest absolute Gasteiger partial charge is 0.247 e. The van der Waals surface area contributed by atoms with Gasteiger partial charge in [-0.2, -0.15) is 5.10 Å². The van der Waals surface area contributed by atoms with Crippen LogP contribution in [0.5, 0.6) is 0 Å². The third-order valence-corrected chi connectivity index (χ3v) is 3.09. The first-order valence-corrected chi connectivity index (χ1v) is 6.05. The number of carbonyl (C=O) groups excluding carboxylic acids is 1. The Hall–Kier alpha value is -1.89. The molecule has 0 bridgehead atoms. The SMILES string of the molecule is Cc1nc(NC(=O)Cn2cc(N)cn2)ccc1Br. The summed E-state index contributed by atoms with van der Waals surface area (Å²) in [5, 5.41) is 6.63. The molecule has 0 atom stereocenters. The Kier molecular flexibility index (Phi) is 3.61. The number of aromatic nitrogens is 3. The summed E-state index contributed by atoms with van der Waals surface area (Å²) in [4.78, 5) is 15.9. The number of pyridine rings is 1. The van der Waals surface area contributed by atoms with E-state index in [-0.39, 0.29) is 12.5 Å². The Morgan fingerprint density at radius 1 is 1.56 bits per heavy atom. The van der Waals surface area contributed by atoms with Crippen molar-refractivity contribution < 1.29 is 4.79 Å². The number of carbonyl (C=O) groups is 1. The van der Waals surface area contributed by atoms with Gasteiger partial charge in [0, 0.05) is 10.7 Å². The second-order valence-corrected chi connectivity index (χ2v) is 4.64. The number of halogens is 1. The molecule has 0 saturated heterocycles. The van der Waals surface area contributed by atoms with E-state index in [1.54, 1.807) is 12.3 Å². The fraction of sp³-hybridized carbons (Fsp3) is 0.182. The molecule has 0 unspecified atom stereocenters. The zero-order valence-electron chi connectivity index (χ0n) is 9.72. The summed E-state index contributed by atoms with van der Waals surface area (Å²) in [6.45, 7) is 1.96. The zero-order valence-corrected chi connectivity index (χ0v) is 11.3. The minimum Gasteiger partial charge on any atom is -0.396 e. The molecule has 18 heavy (non-hydrogen) atoms. The Morgan fingerprint density at radius 3 is 2.94 bits per heavy atom. The fourth-order valence-corrected chi connectivity index (χ4v) is 1.63. The molecular formula is C11H12BrN5O. The number of nitrogens with one attached hydrogen (secondary N) is 1. The minimum absolute atomic E-state index is 0.105. The molecule has 2 heterocycles. The topological polar surface area (TPSA) is 85.8 Å². The maximum atomic E-state index is 11.7. The van der Waals surface area contributed by atoms with Gasteiger partial charge in [0.05, 0.1) is 17.6 Å². The first-order valence-electron chi connectivity index (χ1n) is 5.25. The highest BCUT2D eigenvalue weighted by Gasteiger charge is 2.06. The first kappa shape index (κ1) is 12.6. The molecule has 0 saturated carbocycles. The summed E-state index contributed by atoms with van der Waals surface area (Å²) >= 11 is 3.35. The number of hydrogen-bond acceptors (Lipinski definition) is 4. The van der Waals surface area contributed by atoms with Crippen LogP contribution in [0.4, 0.5) is 11.5 Å². The van der Waals surface area contributed by atoms with Gasteiger partial charge in [-0.15, -0.1) is 0 Å². The van der Waals surface area contributed by atoms with Crippen LogP contribution in [0.15, 0.2) is 29.0 Å². The summed E-state index contributed by atoms with van der Waals surface area (Å²) in [6.07, 6.45) is 3.09. The Balaban J connectivity index is 2.00. The lowest BCUT2D eigenvalue weighted by atomic mass is 10.3. The molecule has 2 aromatic heterocycles. The average Bonchev–Trinajstić information content (AvgIpc) is 2.69. The van der Waals surface area contributed by atoms with E-state index >= 15 is 0 Å². The fourth-order valence-electron chi connectivity index (χ4n) is 1.41. The van der Waals surface area contributed by atoms with Crippen molar-refractivity contribution in [3.05, 3.63) is 34.7 Å². The van der Waals surface area contributed by atoms with E-state index in [9.17, 15) is 4.79 Å². The summed E-state index contributed by atoms with van der Waals surface area (Å²) in [5.74, 6) is 0.313. The molecular weight excluding hydrogens is 298 g/mol. The predicted molar refractivity (Wildman–Crippen MR) is 71.9 cm³/mol. The molecule has 2 aromatic rings. The van der Waals surface area contributed by atoms with E-state index in [1.807, 2.05) is 13.0 Å². The van der Waals surface area contributed by atoms with E-state index in [1.165, 1.54) is 10.9 Å². The molecule has 0 aliphatic rings. The van der Waals surface area contributed by atoms with Crippen LogP contribution in [-0.2, 0) is 11.3 Å². The van der Waals surface area contributed by atoms with Crippen LogP contribution in [-0.4, -0.2) is 20.7 Å². The molecule has 2 rings (SSSR count). The van der Waals surface area contributed by atoms with Crippen LogP contribution in [0.3, 0.4) is 0 Å². The third-order valence-electron chi connectivity index (χ3n) is 2.25. The number of amides is 1. The van der Waals surface area contributed by atoms with Crippen molar-refractivity contribution in [1.82, 2.24) is 14.8 Å². The molecule has 0 aliphatic heterocycles. The highest BCUT2D eigenvalue weighted by molar-refractivity contribution is 9.10. The monoisotopic (exact) mass is 309 g/mol. The van der Waals surface area contributed by atoms with Gasteiger partial charge in [-0.05, 0) is 35.0 Å². The number of hydrogen-bond donors (Lipinski definition) is 2. The van der Waals surface area contributed by atoms with E-state index in [0.717, 1.165) is 10.2 Å². The summed E-state index contributed by atoms with van der Waals surface area (Å²) < 4.78 is 2.37. The number of rotatable bonds is 3. The lowest BCUT2D eigenvalue weighted by molar-refractivity contribution is -0.116. The second-order valence-electron chi connectivity index (χ2n) is 3.78. The molecule has 0 aromatic carbocycles. The van der Waals surface area contributed by atoms with Gasteiger partial charge in [-0.25, -0.2) is 4.98 Å². The minimum atomic E-state index is -0.202. The molecule has 6 nitrogen and oxygen atoms in total. The van der Waals surface area contributed by atoms with Crippen LogP contribution in [0, 0.1) is 6.92 Å². The summed E-state index contributed by atoms with van der Waals surface area (Å²) in [6, 6.07) is 3.57. The van der Waals surface area contributed by atoms with Gasteiger partial charge >= 0.3 is 0 Å². The van der Waals surface area contributed by atoms with Crippen molar-refractivity contribution in [2.24, 2.45) is 0 Å². The van der Waals surface area contributed by atoms with Crippen molar-refractivity contribution in [3.63, 3.8) is 0 Å². The van der Waals surface area contributed by atoms with Gasteiger partial charge in [0.1, 0.15) is 12.4 Å². The van der Waals surface area contributed by atoms with Crippen LogP contribution < -0.4 is 11.1 Å². The molecule has 0 radical (unpaired) electrons. The van der Waals surface area contributed by atoms with Crippen molar-refractivity contribution in [2.75, 3.05) is 11.1 Å². The normalized spacial score (nSPS) is 10.3. The zero-order chi connectivity index (χ0) is 13.1. The second kappa shape index (κ2) is 5.18. The average molecular weight is 310 g/mol. The van der Waals surface area contributed by atoms with Crippen molar-refractivity contribution in [3.8, 4) is 0 Å². The molecule has 94 valence electrons. The molecule has 0 aliphatic carbocycles. The Morgan fingerprint density at radius 2 is 2.33 bits per heavy atom. The quantitative estimate of drug-likeness (QED) is 0.901.